The molecule has 0 bridgehead atoms. The number of hydrogen-bond acceptors (Lipinski definition) is 3. The van der Waals surface area contributed by atoms with Gasteiger partial charge in [-0.15, -0.1) is 0 Å². The largest absolute Gasteiger partial charge is 0.390 e. The topological polar surface area (TPSA) is 26.7 Å². The van der Waals surface area contributed by atoms with Gasteiger partial charge in [0.05, 0.1) is 6.10 Å². The van der Waals surface area contributed by atoms with E-state index in [0.717, 1.165) is 63.6 Å². The molecule has 0 saturated heterocycles. The number of aliphatic hydroxyl groups is 1. The number of fused-ring (bicyclic) bond motifs is 2. The predicted molar refractivity (Wildman–Crippen MR) is 106 cm³/mol. The van der Waals surface area contributed by atoms with E-state index >= 15 is 0 Å². The molecule has 2 heterocycles. The third-order valence-corrected chi connectivity index (χ3v) is 5.87. The Morgan fingerprint density at radius 3 is 2.35 bits per heavy atom. The number of hydrogen-bond donors (Lipinski definition) is 1. The molecule has 2 aliphatic rings. The predicted octanol–water partition coefficient (Wildman–Crippen LogP) is 3.51. The minimum absolute atomic E-state index is 0.311. The molecule has 0 unspecified atom stereocenters. The third-order valence-electron chi connectivity index (χ3n) is 5.63. The van der Waals surface area contributed by atoms with Crippen molar-refractivity contribution in [3.05, 3.63) is 69.7 Å². The lowest BCUT2D eigenvalue weighted by Crippen LogP contribution is -2.42. The fraction of sp³-hybridized carbons (Fsp3) is 0.455. The Morgan fingerprint density at radius 1 is 0.846 bits per heavy atom. The molecule has 26 heavy (non-hydrogen) atoms. The van der Waals surface area contributed by atoms with E-state index in [1.54, 1.807) is 0 Å². The zero-order valence-corrected chi connectivity index (χ0v) is 16.0. The van der Waals surface area contributed by atoms with Crippen molar-refractivity contribution in [2.45, 2.75) is 38.5 Å². The quantitative estimate of drug-likeness (QED) is 0.892. The molecule has 0 aromatic heterocycles. The minimum Gasteiger partial charge on any atom is -0.390 e. The van der Waals surface area contributed by atoms with E-state index in [-0.39, 0.29) is 6.10 Å². The van der Waals surface area contributed by atoms with Gasteiger partial charge >= 0.3 is 0 Å². The van der Waals surface area contributed by atoms with Gasteiger partial charge in [-0.1, -0.05) is 41.9 Å². The van der Waals surface area contributed by atoms with Gasteiger partial charge < -0.3 is 5.11 Å². The Kier molecular flexibility index (Phi) is 5.60. The van der Waals surface area contributed by atoms with E-state index in [1.807, 2.05) is 6.07 Å². The highest BCUT2D eigenvalue weighted by molar-refractivity contribution is 6.30. The standard InChI is InChI=1S/C22H27ClN2O/c23-21-8-7-20-14-24(10-3-6-18(20)12-21)15-22(26)16-25-11-9-17-4-1-2-5-19(17)13-25/h1-2,4-5,7-8,12,22,26H,3,6,9-11,13-16H2/t22-/m1/s1. The molecule has 3 nitrogen and oxygen atoms in total. The van der Waals surface area contributed by atoms with E-state index in [1.165, 1.54) is 22.3 Å². The molecule has 0 radical (unpaired) electrons. The summed E-state index contributed by atoms with van der Waals surface area (Å²) in [6, 6.07) is 14.9. The van der Waals surface area contributed by atoms with Gasteiger partial charge in [0.15, 0.2) is 0 Å². The summed E-state index contributed by atoms with van der Waals surface area (Å²) >= 11 is 6.14. The highest BCUT2D eigenvalue weighted by Crippen LogP contribution is 2.23. The normalized spacial score (nSPS) is 19.5. The number of halogens is 1. The van der Waals surface area contributed by atoms with Crippen LogP contribution in [0.5, 0.6) is 0 Å². The molecule has 2 aromatic carbocycles. The monoisotopic (exact) mass is 370 g/mol. The molecule has 2 aromatic rings. The maximum atomic E-state index is 10.7. The second-order valence-corrected chi connectivity index (χ2v) is 8.10. The Balaban J connectivity index is 1.33. The molecule has 4 rings (SSSR count). The number of rotatable bonds is 4. The molecule has 2 aliphatic heterocycles. The Bertz CT molecular complexity index is 764. The molecule has 138 valence electrons. The Labute approximate surface area is 161 Å². The van der Waals surface area contributed by atoms with E-state index in [9.17, 15) is 5.11 Å². The van der Waals surface area contributed by atoms with E-state index < -0.39 is 0 Å². The molecule has 0 amide bonds. The lowest BCUT2D eigenvalue weighted by atomic mass is 10.00. The fourth-order valence-electron chi connectivity index (χ4n) is 4.31. The number of nitrogens with zero attached hydrogens (tertiary/aromatic N) is 2. The average Bonchev–Trinajstić information content (AvgIpc) is 2.82. The second-order valence-electron chi connectivity index (χ2n) is 7.66. The molecule has 0 fully saturated rings. The summed E-state index contributed by atoms with van der Waals surface area (Å²) in [6.07, 6.45) is 2.97. The van der Waals surface area contributed by atoms with Crippen LogP contribution in [0.15, 0.2) is 42.5 Å². The molecule has 0 saturated carbocycles. The maximum absolute atomic E-state index is 10.7. The van der Waals surface area contributed by atoms with E-state index in [4.69, 9.17) is 11.6 Å². The van der Waals surface area contributed by atoms with Gasteiger partial charge in [-0.2, -0.15) is 0 Å². The summed E-state index contributed by atoms with van der Waals surface area (Å²) in [7, 11) is 0. The maximum Gasteiger partial charge on any atom is 0.0794 e. The average molecular weight is 371 g/mol. The number of aryl methyl sites for hydroxylation is 1. The van der Waals surface area contributed by atoms with Crippen molar-refractivity contribution in [1.82, 2.24) is 9.80 Å². The summed E-state index contributed by atoms with van der Waals surface area (Å²) in [5.74, 6) is 0. The number of benzene rings is 2. The van der Waals surface area contributed by atoms with Crippen LogP contribution < -0.4 is 0 Å². The van der Waals surface area contributed by atoms with Crippen molar-refractivity contribution in [2.75, 3.05) is 26.2 Å². The molecule has 0 spiro atoms. The van der Waals surface area contributed by atoms with Gasteiger partial charge in [-0.3, -0.25) is 9.80 Å². The van der Waals surface area contributed by atoms with E-state index in [2.05, 4.69) is 46.2 Å². The summed E-state index contributed by atoms with van der Waals surface area (Å²) < 4.78 is 0. The zero-order chi connectivity index (χ0) is 17.9. The van der Waals surface area contributed by atoms with Gasteiger partial charge in [0.25, 0.3) is 0 Å². The first kappa shape index (κ1) is 18.0. The summed E-state index contributed by atoms with van der Waals surface area (Å²) in [5, 5.41) is 11.5. The summed E-state index contributed by atoms with van der Waals surface area (Å²) in [4.78, 5) is 4.78. The molecule has 1 N–H and O–H groups in total. The fourth-order valence-corrected chi connectivity index (χ4v) is 4.51. The van der Waals surface area contributed by atoms with Crippen molar-refractivity contribution in [1.29, 1.82) is 0 Å². The van der Waals surface area contributed by atoms with Crippen molar-refractivity contribution >= 4 is 11.6 Å². The Morgan fingerprint density at radius 2 is 1.54 bits per heavy atom. The highest BCUT2D eigenvalue weighted by Gasteiger charge is 2.21. The molecular formula is C22H27ClN2O. The smallest absolute Gasteiger partial charge is 0.0794 e. The third kappa shape index (κ3) is 4.29. The van der Waals surface area contributed by atoms with Crippen LogP contribution in [0.1, 0.15) is 28.7 Å². The molecule has 4 heteroatoms. The van der Waals surface area contributed by atoms with Crippen LogP contribution in [0.2, 0.25) is 5.02 Å². The lowest BCUT2D eigenvalue weighted by Gasteiger charge is -2.32. The van der Waals surface area contributed by atoms with Crippen LogP contribution in [0.4, 0.5) is 0 Å². The van der Waals surface area contributed by atoms with Crippen LogP contribution >= 0.6 is 11.6 Å². The van der Waals surface area contributed by atoms with Crippen LogP contribution in [0.3, 0.4) is 0 Å². The van der Waals surface area contributed by atoms with E-state index in [0.29, 0.717) is 0 Å². The van der Waals surface area contributed by atoms with Gasteiger partial charge in [0, 0.05) is 37.7 Å². The van der Waals surface area contributed by atoms with Crippen molar-refractivity contribution < 1.29 is 5.11 Å². The molecular weight excluding hydrogens is 344 g/mol. The van der Waals surface area contributed by atoms with Gasteiger partial charge in [-0.05, 0) is 60.2 Å². The second kappa shape index (κ2) is 8.10. The minimum atomic E-state index is -0.311. The van der Waals surface area contributed by atoms with Gasteiger partial charge in [0.1, 0.15) is 0 Å². The van der Waals surface area contributed by atoms with Crippen LogP contribution in [-0.4, -0.2) is 47.2 Å². The summed E-state index contributed by atoms with van der Waals surface area (Å²) in [6.45, 7) is 5.42. The SMILES string of the molecule is O[C@H](CN1CCCc2cc(Cl)ccc2C1)CN1CCc2ccccc2C1. The summed E-state index contributed by atoms with van der Waals surface area (Å²) in [5.41, 5.74) is 5.58. The number of β-amino-alcohol motifs (C(OH)–C–C–N with tert-alkyl or cyclic N) is 1. The number of aliphatic hydroxyl groups excluding tert-OH is 1. The first-order chi connectivity index (χ1) is 12.7. The van der Waals surface area contributed by atoms with Crippen molar-refractivity contribution in [2.24, 2.45) is 0 Å². The highest BCUT2D eigenvalue weighted by atomic mass is 35.5. The van der Waals surface area contributed by atoms with Crippen LogP contribution in [0, 0.1) is 0 Å². The van der Waals surface area contributed by atoms with Crippen molar-refractivity contribution in [3.8, 4) is 0 Å². The zero-order valence-electron chi connectivity index (χ0n) is 15.2. The van der Waals surface area contributed by atoms with Gasteiger partial charge in [0.2, 0.25) is 0 Å². The van der Waals surface area contributed by atoms with Crippen LogP contribution in [-0.2, 0) is 25.9 Å². The van der Waals surface area contributed by atoms with Gasteiger partial charge in [-0.25, -0.2) is 0 Å². The first-order valence-electron chi connectivity index (χ1n) is 9.64. The lowest BCUT2D eigenvalue weighted by molar-refractivity contribution is 0.0671. The molecule has 0 aliphatic carbocycles. The van der Waals surface area contributed by atoms with Crippen LogP contribution in [0.25, 0.3) is 0 Å². The van der Waals surface area contributed by atoms with Crippen molar-refractivity contribution in [3.63, 3.8) is 0 Å². The molecule has 1 atom stereocenters. The first-order valence-corrected chi connectivity index (χ1v) is 10.0. The Hall–Kier alpha value is -1.39.